The molecule has 1 aliphatic rings. The first-order valence-corrected chi connectivity index (χ1v) is 5.90. The molecular weight excluding hydrogens is 289 g/mol. The van der Waals surface area contributed by atoms with Gasteiger partial charge in [0.2, 0.25) is 6.40 Å². The number of nitrogens with zero attached hydrogens (tertiary/aromatic N) is 2. The van der Waals surface area contributed by atoms with Gasteiger partial charge in [0.1, 0.15) is 17.5 Å². The molecule has 21 heavy (non-hydrogen) atoms. The van der Waals surface area contributed by atoms with Gasteiger partial charge in [-0.1, -0.05) is 40.1 Å². The third-order valence-electron chi connectivity index (χ3n) is 3.07. The average molecular weight is 298 g/mol. The Bertz CT molecular complexity index is 669. The molecular formula is C13H9F3N2O3. The van der Waals surface area contributed by atoms with E-state index in [0.717, 1.165) is 11.8 Å². The van der Waals surface area contributed by atoms with Crippen LogP contribution in [0.25, 0.3) is 11.3 Å². The zero-order chi connectivity index (χ0) is 15.1. The van der Waals surface area contributed by atoms with Crippen LogP contribution in [0.5, 0.6) is 0 Å². The van der Waals surface area contributed by atoms with Gasteiger partial charge in [0.25, 0.3) is 0 Å². The van der Waals surface area contributed by atoms with Crippen LogP contribution in [0.3, 0.4) is 0 Å². The zero-order valence-electron chi connectivity index (χ0n) is 10.7. The van der Waals surface area contributed by atoms with E-state index < -0.39 is 17.5 Å². The van der Waals surface area contributed by atoms with Gasteiger partial charge in [-0.25, -0.2) is 0 Å². The Morgan fingerprint density at radius 1 is 1.14 bits per heavy atom. The van der Waals surface area contributed by atoms with Gasteiger partial charge in [-0.15, -0.1) is 0 Å². The first-order chi connectivity index (χ1) is 9.94. The first kappa shape index (κ1) is 13.5. The molecule has 0 unspecified atom stereocenters. The predicted molar refractivity (Wildman–Crippen MR) is 65.1 cm³/mol. The fraction of sp³-hybridized carbons (Fsp3) is 0.231. The quantitative estimate of drug-likeness (QED) is 0.853. The lowest BCUT2D eigenvalue weighted by atomic mass is 10.0. The van der Waals surface area contributed by atoms with E-state index in [-0.39, 0.29) is 5.69 Å². The van der Waals surface area contributed by atoms with E-state index in [4.69, 9.17) is 4.52 Å². The zero-order valence-corrected chi connectivity index (χ0v) is 10.7. The van der Waals surface area contributed by atoms with E-state index in [9.17, 15) is 13.2 Å². The second kappa shape index (κ2) is 4.51. The third-order valence-corrected chi connectivity index (χ3v) is 3.07. The SMILES string of the molecule is Cc1ccc(-c2nocc2[C@]2(C(F)(F)F)OC=NO2)cc1. The van der Waals surface area contributed by atoms with Crippen molar-refractivity contribution in [2.24, 2.45) is 5.16 Å². The molecule has 0 saturated heterocycles. The van der Waals surface area contributed by atoms with E-state index in [1.165, 1.54) is 0 Å². The summed E-state index contributed by atoms with van der Waals surface area (Å²) in [5.74, 6) is -3.03. The van der Waals surface area contributed by atoms with Crippen LogP contribution in [0.15, 0.2) is 40.2 Å². The molecule has 1 aromatic heterocycles. The van der Waals surface area contributed by atoms with Gasteiger partial charge >= 0.3 is 12.0 Å². The standard InChI is InChI=1S/C13H9F3N2O3/c1-8-2-4-9(5-3-8)11-10(6-20-18-11)12(13(14,15)16)19-7-17-21-12/h2-7H,1H3/t12-/m0/s1. The highest BCUT2D eigenvalue weighted by Gasteiger charge is 2.66. The van der Waals surface area contributed by atoms with Crippen LogP contribution in [0.1, 0.15) is 11.1 Å². The fourth-order valence-electron chi connectivity index (χ4n) is 1.99. The van der Waals surface area contributed by atoms with Crippen LogP contribution in [0.4, 0.5) is 13.2 Å². The molecule has 0 amide bonds. The van der Waals surface area contributed by atoms with Crippen molar-refractivity contribution in [3.8, 4) is 11.3 Å². The Morgan fingerprint density at radius 2 is 1.86 bits per heavy atom. The van der Waals surface area contributed by atoms with Gasteiger partial charge in [0.05, 0.1) is 0 Å². The third kappa shape index (κ3) is 2.03. The van der Waals surface area contributed by atoms with E-state index in [1.54, 1.807) is 24.3 Å². The minimum atomic E-state index is -4.85. The average Bonchev–Trinajstić information content (AvgIpc) is 3.08. The van der Waals surface area contributed by atoms with Gasteiger partial charge in [0, 0.05) is 5.56 Å². The van der Waals surface area contributed by atoms with Crippen LogP contribution in [-0.4, -0.2) is 17.7 Å². The molecule has 0 N–H and O–H groups in total. The highest BCUT2D eigenvalue weighted by molar-refractivity contribution is 5.64. The number of alkyl halides is 3. The van der Waals surface area contributed by atoms with Gasteiger partial charge in [-0.05, 0) is 6.92 Å². The van der Waals surface area contributed by atoms with Crippen molar-refractivity contribution >= 4 is 6.40 Å². The maximum Gasteiger partial charge on any atom is 0.475 e. The van der Waals surface area contributed by atoms with Crippen molar-refractivity contribution in [3.05, 3.63) is 41.7 Å². The minimum absolute atomic E-state index is 0.0159. The summed E-state index contributed by atoms with van der Waals surface area (Å²) < 4.78 is 49.3. The van der Waals surface area contributed by atoms with Crippen LogP contribution in [-0.2, 0) is 15.4 Å². The van der Waals surface area contributed by atoms with Crippen molar-refractivity contribution in [2.45, 2.75) is 18.9 Å². The summed E-state index contributed by atoms with van der Waals surface area (Å²) >= 11 is 0. The number of aryl methyl sites for hydroxylation is 1. The minimum Gasteiger partial charge on any atom is -0.425 e. The Morgan fingerprint density at radius 3 is 2.43 bits per heavy atom. The molecule has 5 nitrogen and oxygen atoms in total. The molecule has 3 rings (SSSR count). The Hall–Kier alpha value is -2.51. The van der Waals surface area contributed by atoms with Gasteiger partial charge in [0.15, 0.2) is 0 Å². The maximum absolute atomic E-state index is 13.3. The number of halogens is 3. The highest BCUT2D eigenvalue weighted by atomic mass is 19.4. The second-order valence-corrected chi connectivity index (χ2v) is 4.48. The topological polar surface area (TPSA) is 56.9 Å². The molecule has 0 fully saturated rings. The van der Waals surface area contributed by atoms with Gasteiger partial charge in [-0.2, -0.15) is 13.2 Å². The summed E-state index contributed by atoms with van der Waals surface area (Å²) in [5.41, 5.74) is 1.01. The van der Waals surface area contributed by atoms with Crippen molar-refractivity contribution in [1.82, 2.24) is 5.16 Å². The highest BCUT2D eigenvalue weighted by Crippen LogP contribution is 2.47. The lowest BCUT2D eigenvalue weighted by Gasteiger charge is -2.26. The van der Waals surface area contributed by atoms with Crippen molar-refractivity contribution < 1.29 is 27.3 Å². The monoisotopic (exact) mass is 298 g/mol. The molecule has 0 aliphatic carbocycles. The van der Waals surface area contributed by atoms with Crippen LogP contribution < -0.4 is 0 Å². The van der Waals surface area contributed by atoms with E-state index in [1.807, 2.05) is 6.92 Å². The van der Waals surface area contributed by atoms with Crippen LogP contribution in [0.2, 0.25) is 0 Å². The van der Waals surface area contributed by atoms with Crippen molar-refractivity contribution in [3.63, 3.8) is 0 Å². The summed E-state index contributed by atoms with van der Waals surface area (Å²) in [4.78, 5) is 4.46. The van der Waals surface area contributed by atoms with E-state index >= 15 is 0 Å². The molecule has 0 saturated carbocycles. The molecule has 0 spiro atoms. The summed E-state index contributed by atoms with van der Waals surface area (Å²) in [6, 6.07) is 6.77. The largest absolute Gasteiger partial charge is 0.475 e. The van der Waals surface area contributed by atoms with Gasteiger partial charge in [-0.3, -0.25) is 0 Å². The van der Waals surface area contributed by atoms with E-state index in [0.29, 0.717) is 12.0 Å². The summed E-state index contributed by atoms with van der Waals surface area (Å²) in [6.45, 7) is 1.86. The molecule has 0 radical (unpaired) electrons. The molecule has 2 aromatic rings. The van der Waals surface area contributed by atoms with E-state index in [2.05, 4.69) is 19.9 Å². The molecule has 1 atom stereocenters. The van der Waals surface area contributed by atoms with Gasteiger partial charge < -0.3 is 14.1 Å². The normalized spacial score (nSPS) is 21.1. The van der Waals surface area contributed by atoms with Crippen molar-refractivity contribution in [2.75, 3.05) is 0 Å². The summed E-state index contributed by atoms with van der Waals surface area (Å²) in [5, 5.41) is 6.70. The molecule has 110 valence electrons. The number of aromatic nitrogens is 1. The Labute approximate surface area is 116 Å². The Balaban J connectivity index is 2.12. The molecule has 0 bridgehead atoms. The fourth-order valence-corrected chi connectivity index (χ4v) is 1.99. The summed E-state index contributed by atoms with van der Waals surface area (Å²) in [7, 11) is 0. The van der Waals surface area contributed by atoms with Crippen LogP contribution in [0, 0.1) is 6.92 Å². The molecule has 8 heteroatoms. The molecule has 2 heterocycles. The first-order valence-electron chi connectivity index (χ1n) is 5.90. The number of rotatable bonds is 2. The lowest BCUT2D eigenvalue weighted by Crippen LogP contribution is -2.43. The lowest BCUT2D eigenvalue weighted by molar-refractivity contribution is -0.351. The number of hydrogen-bond donors (Lipinski definition) is 0. The maximum atomic E-state index is 13.3. The van der Waals surface area contributed by atoms with Crippen LogP contribution >= 0.6 is 0 Å². The number of benzene rings is 1. The molecule has 1 aromatic carbocycles. The smallest absolute Gasteiger partial charge is 0.425 e. The Kier molecular flexibility index (Phi) is 2.89. The number of ether oxygens (including phenoxy) is 1. The summed E-state index contributed by atoms with van der Waals surface area (Å²) in [6.07, 6.45) is -3.41. The molecule has 1 aliphatic heterocycles. The second-order valence-electron chi connectivity index (χ2n) is 4.48. The predicted octanol–water partition coefficient (Wildman–Crippen LogP) is 3.36. The number of oxime groups is 1. The van der Waals surface area contributed by atoms with Crippen molar-refractivity contribution in [1.29, 1.82) is 0 Å². The number of hydrogen-bond acceptors (Lipinski definition) is 5.